The lowest BCUT2D eigenvalue weighted by Gasteiger charge is -2.29. The second-order valence-corrected chi connectivity index (χ2v) is 9.32. The maximum atomic E-state index is 11.1. The number of allylic oxidation sites excluding steroid dienone is 2. The molecule has 0 fully saturated rings. The van der Waals surface area contributed by atoms with Crippen molar-refractivity contribution in [2.24, 2.45) is 0 Å². The molecule has 1 aliphatic rings. The minimum absolute atomic E-state index is 0.0805. The number of hydrogen-bond donors (Lipinski definition) is 1. The molecule has 1 N–H and O–H groups in total. The topological polar surface area (TPSA) is 59.0 Å². The van der Waals surface area contributed by atoms with E-state index in [2.05, 4.69) is 47.4 Å². The third-order valence-electron chi connectivity index (χ3n) is 6.78. The third-order valence-corrected chi connectivity index (χ3v) is 6.78. The van der Waals surface area contributed by atoms with Crippen LogP contribution in [0, 0.1) is 0 Å². The Labute approximate surface area is 214 Å². The smallest absolute Gasteiger partial charge is 0.304 e. The predicted molar refractivity (Wildman–Crippen MR) is 143 cm³/mol. The van der Waals surface area contributed by atoms with Gasteiger partial charge in [0.05, 0.1) is 13.5 Å². The number of nitrogens with zero attached hydrogens (tertiary/aromatic N) is 1. The molecule has 3 aromatic rings. The van der Waals surface area contributed by atoms with Crippen LogP contribution in [0.15, 0.2) is 78.9 Å². The maximum Gasteiger partial charge on any atom is 0.304 e. The van der Waals surface area contributed by atoms with Crippen molar-refractivity contribution in [3.63, 3.8) is 0 Å². The van der Waals surface area contributed by atoms with Crippen molar-refractivity contribution in [1.29, 1.82) is 0 Å². The van der Waals surface area contributed by atoms with Crippen LogP contribution >= 0.6 is 0 Å². The molecule has 0 spiro atoms. The molecule has 5 heteroatoms. The zero-order valence-corrected chi connectivity index (χ0v) is 21.2. The summed E-state index contributed by atoms with van der Waals surface area (Å²) in [5.74, 6) is 0.791. The van der Waals surface area contributed by atoms with Crippen LogP contribution in [0.25, 0.3) is 0 Å². The van der Waals surface area contributed by atoms with E-state index in [4.69, 9.17) is 14.6 Å². The monoisotopic (exact) mass is 485 g/mol. The van der Waals surface area contributed by atoms with Crippen LogP contribution in [0.2, 0.25) is 0 Å². The van der Waals surface area contributed by atoms with Gasteiger partial charge in [-0.05, 0) is 71.8 Å². The van der Waals surface area contributed by atoms with Gasteiger partial charge in [-0.15, -0.1) is 0 Å². The van der Waals surface area contributed by atoms with Gasteiger partial charge >= 0.3 is 5.97 Å². The van der Waals surface area contributed by atoms with Crippen molar-refractivity contribution in [1.82, 2.24) is 4.90 Å². The van der Waals surface area contributed by atoms with E-state index in [1.807, 2.05) is 43.3 Å². The van der Waals surface area contributed by atoms with Gasteiger partial charge in [0.25, 0.3) is 0 Å². The number of carbonyl (C=O) groups is 1. The Morgan fingerprint density at radius 3 is 2.42 bits per heavy atom. The van der Waals surface area contributed by atoms with E-state index < -0.39 is 5.97 Å². The number of aliphatic carboxylic acids is 1. The predicted octanol–water partition coefficient (Wildman–Crippen LogP) is 6.01. The van der Waals surface area contributed by atoms with Crippen LogP contribution in [0.5, 0.6) is 11.5 Å². The fourth-order valence-corrected chi connectivity index (χ4v) is 4.69. The molecule has 0 bridgehead atoms. The maximum absolute atomic E-state index is 11.1. The number of carboxylic acids is 1. The summed E-state index contributed by atoms with van der Waals surface area (Å²) < 4.78 is 11.3. The van der Waals surface area contributed by atoms with Crippen molar-refractivity contribution >= 4 is 5.97 Å². The number of rotatable bonds is 11. The van der Waals surface area contributed by atoms with Gasteiger partial charge in [-0.3, -0.25) is 9.69 Å². The minimum Gasteiger partial charge on any atom is -0.497 e. The number of fused-ring (bicyclic) bond motifs is 1. The second kappa shape index (κ2) is 12.4. The summed E-state index contributed by atoms with van der Waals surface area (Å²) in [4.78, 5) is 13.6. The Morgan fingerprint density at radius 1 is 1.00 bits per heavy atom. The first-order valence-corrected chi connectivity index (χ1v) is 12.6. The molecule has 4 rings (SSSR count). The van der Waals surface area contributed by atoms with Gasteiger partial charge in [0, 0.05) is 25.6 Å². The number of methoxy groups -OCH3 is 1. The van der Waals surface area contributed by atoms with Crippen molar-refractivity contribution in [2.75, 3.05) is 20.2 Å². The van der Waals surface area contributed by atoms with Gasteiger partial charge in [0.2, 0.25) is 0 Å². The number of hydrogen-bond acceptors (Lipinski definition) is 4. The summed E-state index contributed by atoms with van der Waals surface area (Å²) in [5, 5.41) is 9.14. The second-order valence-electron chi connectivity index (χ2n) is 9.32. The van der Waals surface area contributed by atoms with E-state index in [1.54, 1.807) is 7.11 Å². The highest BCUT2D eigenvalue weighted by molar-refractivity contribution is 5.68. The van der Waals surface area contributed by atoms with E-state index in [0.717, 1.165) is 55.1 Å². The molecule has 1 aliphatic heterocycles. The number of carboxylic acid groups (broad SMARTS) is 1. The zero-order valence-electron chi connectivity index (χ0n) is 21.2. The van der Waals surface area contributed by atoms with Crippen LogP contribution in [0.1, 0.15) is 47.1 Å². The van der Waals surface area contributed by atoms with Gasteiger partial charge in [-0.1, -0.05) is 54.6 Å². The van der Waals surface area contributed by atoms with E-state index in [-0.39, 0.29) is 12.3 Å². The number of benzene rings is 3. The van der Waals surface area contributed by atoms with Crippen LogP contribution in [0.4, 0.5) is 0 Å². The van der Waals surface area contributed by atoms with Gasteiger partial charge < -0.3 is 14.6 Å². The normalized spacial score (nSPS) is 14.4. The molecule has 0 amide bonds. The van der Waals surface area contributed by atoms with E-state index in [1.165, 1.54) is 16.7 Å². The minimum atomic E-state index is -0.802. The lowest BCUT2D eigenvalue weighted by Crippen LogP contribution is -2.32. The molecular formula is C31H35NO4. The van der Waals surface area contributed by atoms with Crippen molar-refractivity contribution in [3.8, 4) is 11.5 Å². The fraction of sp³-hybridized carbons (Fsp3) is 0.323. The van der Waals surface area contributed by atoms with E-state index in [0.29, 0.717) is 6.61 Å². The lowest BCUT2D eigenvalue weighted by molar-refractivity contribution is -0.137. The number of ether oxygens (including phenoxy) is 2. The van der Waals surface area contributed by atoms with E-state index in [9.17, 15) is 4.79 Å². The summed E-state index contributed by atoms with van der Waals surface area (Å²) in [6, 6.07) is 22.8. The Bertz CT molecular complexity index is 1170. The summed E-state index contributed by atoms with van der Waals surface area (Å²) in [6.07, 6.45) is 5.99. The van der Waals surface area contributed by atoms with Crippen molar-refractivity contribution in [3.05, 3.63) is 107 Å². The van der Waals surface area contributed by atoms with Gasteiger partial charge in [-0.25, -0.2) is 0 Å². The summed E-state index contributed by atoms with van der Waals surface area (Å²) in [7, 11) is 1.72. The molecule has 0 radical (unpaired) electrons. The molecular weight excluding hydrogens is 450 g/mol. The molecule has 0 aliphatic carbocycles. The van der Waals surface area contributed by atoms with Gasteiger partial charge in [0.15, 0.2) is 0 Å². The first kappa shape index (κ1) is 25.5. The molecule has 0 saturated carbocycles. The molecule has 0 unspecified atom stereocenters. The molecule has 188 valence electrons. The summed E-state index contributed by atoms with van der Waals surface area (Å²) in [5.41, 5.74) is 6.24. The highest BCUT2D eigenvalue weighted by atomic mass is 16.5. The summed E-state index contributed by atoms with van der Waals surface area (Å²) in [6.45, 7) is 5.53. The highest BCUT2D eigenvalue weighted by Gasteiger charge is 2.16. The highest BCUT2D eigenvalue weighted by Crippen LogP contribution is 2.25. The average molecular weight is 486 g/mol. The quantitative estimate of drug-likeness (QED) is 0.337. The Balaban J connectivity index is 1.25. The zero-order chi connectivity index (χ0) is 25.3. The summed E-state index contributed by atoms with van der Waals surface area (Å²) >= 11 is 0. The third kappa shape index (κ3) is 6.98. The molecule has 0 saturated heterocycles. The lowest BCUT2D eigenvalue weighted by atomic mass is 9.95. The van der Waals surface area contributed by atoms with Crippen LogP contribution in [-0.4, -0.2) is 36.2 Å². The first-order valence-electron chi connectivity index (χ1n) is 12.6. The average Bonchev–Trinajstić information content (AvgIpc) is 2.90. The Morgan fingerprint density at radius 2 is 1.72 bits per heavy atom. The largest absolute Gasteiger partial charge is 0.497 e. The van der Waals surface area contributed by atoms with Crippen LogP contribution in [-0.2, 0) is 30.8 Å². The van der Waals surface area contributed by atoms with Crippen LogP contribution < -0.4 is 9.47 Å². The van der Waals surface area contributed by atoms with Gasteiger partial charge in [0.1, 0.15) is 18.1 Å². The molecule has 1 heterocycles. The molecule has 36 heavy (non-hydrogen) atoms. The van der Waals surface area contributed by atoms with Crippen LogP contribution in [0.3, 0.4) is 0 Å². The Hall–Kier alpha value is -3.57. The SMILES string of the molecule is CC=C[C@H](CC(=O)O)c1ccc(OCc2ccc(CCN3CCc4cc(OC)ccc4C3)cc2)cc1. The van der Waals surface area contributed by atoms with Crippen molar-refractivity contribution < 1.29 is 19.4 Å². The van der Waals surface area contributed by atoms with E-state index >= 15 is 0 Å². The Kier molecular flexibility index (Phi) is 8.80. The van der Waals surface area contributed by atoms with Crippen molar-refractivity contribution in [2.45, 2.75) is 45.3 Å². The molecule has 0 aromatic heterocycles. The van der Waals surface area contributed by atoms with Gasteiger partial charge in [-0.2, -0.15) is 0 Å². The fourth-order valence-electron chi connectivity index (χ4n) is 4.69. The molecule has 3 aromatic carbocycles. The first-order chi connectivity index (χ1) is 17.5. The molecule has 1 atom stereocenters. The molecule has 5 nitrogen and oxygen atoms in total. The standard InChI is InChI=1S/C31H35NO4/c1-3-4-26(20-31(33)34)25-9-12-29(13-10-25)36-22-24-7-5-23(6-8-24)15-17-32-18-16-27-19-30(35-2)14-11-28(27)21-32/h3-14,19,26H,15-18,20-22H2,1-2H3,(H,33,34)/t26-/m1/s1.